The number of amides is 1. The molecule has 1 aliphatic rings. The van der Waals surface area contributed by atoms with Gasteiger partial charge in [0.15, 0.2) is 5.76 Å². The third kappa shape index (κ3) is 2.20. The normalized spacial score (nSPS) is 21.8. The van der Waals surface area contributed by atoms with Crippen LogP contribution in [0, 0.1) is 20.8 Å². The second-order valence-corrected chi connectivity index (χ2v) is 6.09. The highest BCUT2D eigenvalue weighted by Gasteiger charge is 2.37. The van der Waals surface area contributed by atoms with Crippen LogP contribution in [0.3, 0.4) is 0 Å². The van der Waals surface area contributed by atoms with Crippen molar-refractivity contribution < 1.29 is 18.7 Å². The Morgan fingerprint density at radius 2 is 2.05 bits per heavy atom. The van der Waals surface area contributed by atoms with E-state index in [-0.39, 0.29) is 31.2 Å². The average Bonchev–Trinajstić information content (AvgIpc) is 3.03. The third-order valence-corrected chi connectivity index (χ3v) is 4.51. The van der Waals surface area contributed by atoms with Gasteiger partial charge in [-0.25, -0.2) is 4.39 Å². The van der Waals surface area contributed by atoms with Crippen LogP contribution < -0.4 is 0 Å². The highest BCUT2D eigenvalue weighted by molar-refractivity contribution is 6.00. The molecule has 118 valence electrons. The zero-order valence-electron chi connectivity index (χ0n) is 13.0. The number of hydrogen-bond donors (Lipinski definition) is 1. The first-order chi connectivity index (χ1) is 10.4. The number of fused-ring (bicyclic) bond motifs is 1. The number of furan rings is 1. The van der Waals surface area contributed by atoms with Crippen LogP contribution in [-0.2, 0) is 0 Å². The molecule has 2 heterocycles. The number of alkyl halides is 1. The minimum Gasteiger partial charge on any atom is -0.450 e. The van der Waals surface area contributed by atoms with Crippen LogP contribution in [0.2, 0.25) is 0 Å². The Morgan fingerprint density at radius 3 is 2.68 bits per heavy atom. The molecule has 1 saturated heterocycles. The number of likely N-dealkylation sites (tertiary alicyclic amines) is 1. The summed E-state index contributed by atoms with van der Waals surface area (Å²) < 4.78 is 19.4. The van der Waals surface area contributed by atoms with E-state index in [4.69, 9.17) is 4.42 Å². The molecule has 22 heavy (non-hydrogen) atoms. The molecule has 2 atom stereocenters. The number of carbonyl (C=O) groups is 1. The lowest BCUT2D eigenvalue weighted by Gasteiger charge is -2.21. The summed E-state index contributed by atoms with van der Waals surface area (Å²) in [6, 6.07) is 3.48. The van der Waals surface area contributed by atoms with Gasteiger partial charge in [0.05, 0.1) is 19.2 Å². The minimum absolute atomic E-state index is 0.0124. The molecule has 1 aromatic carbocycles. The molecule has 1 amide bonds. The lowest BCUT2D eigenvalue weighted by Crippen LogP contribution is -2.38. The van der Waals surface area contributed by atoms with E-state index in [1.165, 1.54) is 4.90 Å². The Balaban J connectivity index is 2.07. The summed E-state index contributed by atoms with van der Waals surface area (Å²) in [5, 5.41) is 10.3. The molecule has 1 aromatic heterocycles. The predicted molar refractivity (Wildman–Crippen MR) is 81.8 cm³/mol. The van der Waals surface area contributed by atoms with E-state index < -0.39 is 12.2 Å². The first-order valence-corrected chi connectivity index (χ1v) is 7.49. The lowest BCUT2D eigenvalue weighted by molar-refractivity contribution is 0.0642. The fourth-order valence-electron chi connectivity index (χ4n) is 3.29. The van der Waals surface area contributed by atoms with Crippen LogP contribution >= 0.6 is 0 Å². The van der Waals surface area contributed by atoms with E-state index in [1.807, 2.05) is 32.9 Å². The molecule has 0 radical (unpaired) electrons. The summed E-state index contributed by atoms with van der Waals surface area (Å²) in [6.07, 6.45) is -0.909. The van der Waals surface area contributed by atoms with Crippen LogP contribution in [0.25, 0.3) is 11.0 Å². The maximum atomic E-state index is 13.6. The van der Waals surface area contributed by atoms with Crippen LogP contribution in [0.5, 0.6) is 0 Å². The van der Waals surface area contributed by atoms with Crippen molar-refractivity contribution in [3.05, 3.63) is 34.6 Å². The maximum absolute atomic E-state index is 13.6. The van der Waals surface area contributed by atoms with Gasteiger partial charge in [-0.15, -0.1) is 0 Å². The summed E-state index contributed by atoms with van der Waals surface area (Å²) in [5.74, 6) is -0.0911. The first-order valence-electron chi connectivity index (χ1n) is 7.49. The van der Waals surface area contributed by atoms with Crippen LogP contribution in [0.1, 0.15) is 33.7 Å². The fraction of sp³-hybridized carbons (Fsp3) is 0.471. The van der Waals surface area contributed by atoms with Crippen molar-refractivity contribution in [3.8, 4) is 0 Å². The Labute approximate surface area is 128 Å². The maximum Gasteiger partial charge on any atom is 0.290 e. The lowest BCUT2D eigenvalue weighted by atomic mass is 10.0. The molecule has 1 aliphatic heterocycles. The van der Waals surface area contributed by atoms with E-state index in [0.29, 0.717) is 5.58 Å². The van der Waals surface area contributed by atoms with E-state index in [2.05, 4.69) is 0 Å². The number of benzene rings is 1. The van der Waals surface area contributed by atoms with Crippen molar-refractivity contribution in [2.75, 3.05) is 13.2 Å². The molecular weight excluding hydrogens is 285 g/mol. The number of rotatable bonds is 2. The minimum atomic E-state index is -1.09. The zero-order chi connectivity index (χ0) is 16.0. The first kappa shape index (κ1) is 15.0. The van der Waals surface area contributed by atoms with E-state index in [0.717, 1.165) is 22.1 Å². The molecule has 0 saturated carbocycles. The summed E-state index contributed by atoms with van der Waals surface area (Å²) in [4.78, 5) is 14.1. The monoisotopic (exact) mass is 305 g/mol. The van der Waals surface area contributed by atoms with Crippen molar-refractivity contribution in [3.63, 3.8) is 0 Å². The van der Waals surface area contributed by atoms with Crippen LogP contribution in [0.4, 0.5) is 4.39 Å². The van der Waals surface area contributed by atoms with Gasteiger partial charge in [-0.1, -0.05) is 12.1 Å². The van der Waals surface area contributed by atoms with Crippen LogP contribution in [0.15, 0.2) is 16.5 Å². The van der Waals surface area contributed by atoms with E-state index in [9.17, 15) is 14.3 Å². The molecule has 1 fully saturated rings. The molecular formula is C17H20FNO3. The number of carbonyl (C=O) groups excluding carboxylic acids is 1. The molecule has 0 unspecified atom stereocenters. The second kappa shape index (κ2) is 5.39. The Morgan fingerprint density at radius 1 is 1.36 bits per heavy atom. The van der Waals surface area contributed by atoms with Gasteiger partial charge in [0.1, 0.15) is 11.8 Å². The highest BCUT2D eigenvalue weighted by Crippen LogP contribution is 2.32. The average molecular weight is 305 g/mol. The highest BCUT2D eigenvalue weighted by atomic mass is 19.1. The number of hydrogen-bond acceptors (Lipinski definition) is 3. The zero-order valence-corrected chi connectivity index (χ0v) is 13.0. The summed E-state index contributed by atoms with van der Waals surface area (Å²) in [5.41, 5.74) is 3.49. The second-order valence-electron chi connectivity index (χ2n) is 6.09. The molecule has 0 spiro atoms. The molecule has 3 rings (SSSR count). The van der Waals surface area contributed by atoms with Gasteiger partial charge in [0, 0.05) is 17.4 Å². The van der Waals surface area contributed by atoms with Crippen molar-refractivity contribution in [1.29, 1.82) is 0 Å². The number of halogens is 1. The van der Waals surface area contributed by atoms with Gasteiger partial charge in [-0.3, -0.25) is 4.79 Å². The van der Waals surface area contributed by atoms with Crippen molar-refractivity contribution in [2.45, 2.75) is 39.4 Å². The number of aliphatic hydroxyl groups excluding tert-OH is 1. The molecule has 1 N–H and O–H groups in total. The summed E-state index contributed by atoms with van der Waals surface area (Å²) in [7, 11) is 0. The Bertz CT molecular complexity index is 737. The summed E-state index contributed by atoms with van der Waals surface area (Å²) in [6.45, 7) is 5.54. The number of aryl methyl sites for hydroxylation is 3. The SMILES string of the molecule is Cc1ccc(C)c2c(C)c(C(=O)N3C[C@@H](F)C[C@H]3CO)oc12. The quantitative estimate of drug-likeness (QED) is 0.928. The van der Waals surface area contributed by atoms with Crippen molar-refractivity contribution in [2.24, 2.45) is 0 Å². The topological polar surface area (TPSA) is 53.7 Å². The smallest absolute Gasteiger partial charge is 0.290 e. The number of aliphatic hydroxyl groups is 1. The van der Waals surface area contributed by atoms with Gasteiger partial charge in [0.2, 0.25) is 0 Å². The van der Waals surface area contributed by atoms with Gasteiger partial charge in [-0.05, 0) is 31.9 Å². The fourth-order valence-corrected chi connectivity index (χ4v) is 3.29. The van der Waals surface area contributed by atoms with Gasteiger partial charge < -0.3 is 14.4 Å². The number of nitrogens with zero attached hydrogens (tertiary/aromatic N) is 1. The van der Waals surface area contributed by atoms with Gasteiger partial charge in [-0.2, -0.15) is 0 Å². The summed E-state index contributed by atoms with van der Waals surface area (Å²) >= 11 is 0. The standard InChI is InChI=1S/C17H20FNO3/c1-9-4-5-10(2)15-14(9)11(3)16(22-15)17(21)19-7-12(18)6-13(19)8-20/h4-5,12-13,20H,6-8H2,1-3H3/t12-,13-/m0/s1. The molecule has 5 heteroatoms. The van der Waals surface area contributed by atoms with E-state index >= 15 is 0 Å². The molecule has 0 bridgehead atoms. The van der Waals surface area contributed by atoms with Gasteiger partial charge >= 0.3 is 0 Å². The van der Waals surface area contributed by atoms with E-state index in [1.54, 1.807) is 0 Å². The largest absolute Gasteiger partial charge is 0.450 e. The molecule has 0 aliphatic carbocycles. The van der Waals surface area contributed by atoms with Crippen molar-refractivity contribution in [1.82, 2.24) is 4.90 Å². The Hall–Kier alpha value is -1.88. The Kier molecular flexibility index (Phi) is 3.68. The molecule has 4 nitrogen and oxygen atoms in total. The third-order valence-electron chi connectivity index (χ3n) is 4.51. The van der Waals surface area contributed by atoms with Crippen LogP contribution in [-0.4, -0.2) is 41.3 Å². The predicted octanol–water partition coefficient (Wildman–Crippen LogP) is 2.90. The van der Waals surface area contributed by atoms with Gasteiger partial charge in [0.25, 0.3) is 5.91 Å². The molecule has 2 aromatic rings. The van der Waals surface area contributed by atoms with Crippen molar-refractivity contribution >= 4 is 16.9 Å².